The van der Waals surface area contributed by atoms with Crippen LogP contribution in [0.4, 0.5) is 22.0 Å². The number of carbonyl (C=O) groups is 2. The first-order chi connectivity index (χ1) is 12.1. The number of ether oxygens (including phenoxy) is 1. The van der Waals surface area contributed by atoms with E-state index in [-0.39, 0.29) is 17.7 Å². The second-order valence-electron chi connectivity index (χ2n) is 6.16. The van der Waals surface area contributed by atoms with E-state index in [1.165, 1.54) is 4.90 Å². The molecule has 2 aromatic rings. The number of nitrogen functional groups attached to an aromatic ring is 1. The van der Waals surface area contributed by atoms with E-state index >= 15 is 0 Å². The minimum Gasteiger partial charge on any atom is -0.447 e. The molecular weight excluding hydrogens is 322 g/mol. The van der Waals surface area contributed by atoms with Crippen LogP contribution in [0.25, 0.3) is 10.8 Å². The Labute approximate surface area is 143 Å². The molecule has 0 radical (unpaired) electrons. The van der Waals surface area contributed by atoms with Crippen molar-refractivity contribution in [2.24, 2.45) is 11.8 Å². The molecule has 126 valence electrons. The van der Waals surface area contributed by atoms with Gasteiger partial charge in [0.25, 0.3) is 0 Å². The van der Waals surface area contributed by atoms with Crippen LogP contribution in [0, 0.1) is 23.2 Å². The summed E-state index contributed by atoms with van der Waals surface area (Å²) in [4.78, 5) is 29.5. The van der Waals surface area contributed by atoms with Crippen molar-refractivity contribution in [1.82, 2.24) is 4.98 Å². The van der Waals surface area contributed by atoms with Gasteiger partial charge in [0.05, 0.1) is 24.4 Å². The van der Waals surface area contributed by atoms with Gasteiger partial charge in [-0.1, -0.05) is 0 Å². The van der Waals surface area contributed by atoms with E-state index < -0.39 is 6.09 Å². The van der Waals surface area contributed by atoms with Crippen LogP contribution in [0.5, 0.6) is 0 Å². The van der Waals surface area contributed by atoms with Gasteiger partial charge in [0.1, 0.15) is 12.4 Å². The SMILES string of the molecule is N#CC1C[C@@H]1C(=O)Nc1cc2cc(N3CCOC3=O)cc(N)c2cn1. The summed E-state index contributed by atoms with van der Waals surface area (Å²) in [6.45, 7) is 0.811. The van der Waals surface area contributed by atoms with Crippen molar-refractivity contribution in [2.45, 2.75) is 6.42 Å². The standard InChI is InChI=1S/C17H15N5O3/c18-7-10-4-12(10)16(23)21-15-5-9-3-11(22-1-2-25-17(22)24)6-14(19)13(9)8-20-15/h3,5-6,8,10,12H,1-2,4,19H2,(H,20,21,23)/t10?,12-/m0/s1. The van der Waals surface area contributed by atoms with Gasteiger partial charge in [-0.3, -0.25) is 9.69 Å². The fraction of sp³-hybridized carbons (Fsp3) is 0.294. The summed E-state index contributed by atoms with van der Waals surface area (Å²) >= 11 is 0. The number of hydrogen-bond donors (Lipinski definition) is 2. The zero-order valence-corrected chi connectivity index (χ0v) is 13.2. The molecule has 8 heteroatoms. The highest BCUT2D eigenvalue weighted by atomic mass is 16.6. The molecule has 1 saturated carbocycles. The molecule has 1 aromatic carbocycles. The summed E-state index contributed by atoms with van der Waals surface area (Å²) in [5.41, 5.74) is 7.21. The largest absolute Gasteiger partial charge is 0.447 e. The van der Waals surface area contributed by atoms with Gasteiger partial charge in [0, 0.05) is 23.0 Å². The Morgan fingerprint density at radius 2 is 2.28 bits per heavy atom. The maximum Gasteiger partial charge on any atom is 0.414 e. The Morgan fingerprint density at radius 3 is 2.96 bits per heavy atom. The van der Waals surface area contributed by atoms with Crippen molar-refractivity contribution in [3.8, 4) is 6.07 Å². The molecule has 2 aliphatic rings. The monoisotopic (exact) mass is 337 g/mol. The van der Waals surface area contributed by atoms with Gasteiger partial charge in [-0.2, -0.15) is 5.26 Å². The summed E-state index contributed by atoms with van der Waals surface area (Å²) in [5.74, 6) is -0.283. The third kappa shape index (κ3) is 2.70. The Hall–Kier alpha value is -3.34. The first-order valence-corrected chi connectivity index (χ1v) is 7.91. The van der Waals surface area contributed by atoms with Gasteiger partial charge in [0.2, 0.25) is 5.91 Å². The fourth-order valence-electron chi connectivity index (χ4n) is 2.97. The van der Waals surface area contributed by atoms with Crippen LogP contribution in [-0.2, 0) is 9.53 Å². The normalized spacial score (nSPS) is 21.7. The van der Waals surface area contributed by atoms with E-state index in [0.717, 1.165) is 10.8 Å². The molecular formula is C17H15N5O3. The second kappa shape index (κ2) is 5.63. The lowest BCUT2D eigenvalue weighted by molar-refractivity contribution is -0.117. The fourth-order valence-corrected chi connectivity index (χ4v) is 2.97. The molecule has 1 aliphatic carbocycles. The molecule has 3 N–H and O–H groups in total. The van der Waals surface area contributed by atoms with Gasteiger partial charge in [0.15, 0.2) is 0 Å². The third-order valence-corrected chi connectivity index (χ3v) is 4.47. The zero-order valence-electron chi connectivity index (χ0n) is 13.2. The highest BCUT2D eigenvalue weighted by Gasteiger charge is 2.43. The lowest BCUT2D eigenvalue weighted by Gasteiger charge is -2.15. The number of fused-ring (bicyclic) bond motifs is 1. The molecule has 1 aromatic heterocycles. The van der Waals surface area contributed by atoms with Crippen molar-refractivity contribution in [3.05, 3.63) is 24.4 Å². The van der Waals surface area contributed by atoms with Gasteiger partial charge in [-0.25, -0.2) is 9.78 Å². The smallest absolute Gasteiger partial charge is 0.414 e. The number of cyclic esters (lactones) is 1. The summed E-state index contributed by atoms with van der Waals surface area (Å²) < 4.78 is 4.95. The predicted octanol–water partition coefficient (Wildman–Crippen LogP) is 1.87. The van der Waals surface area contributed by atoms with E-state index in [0.29, 0.717) is 36.8 Å². The molecule has 2 heterocycles. The summed E-state index contributed by atoms with van der Waals surface area (Å²) in [6.07, 6.45) is 1.77. The number of hydrogen-bond acceptors (Lipinski definition) is 6. The molecule has 1 unspecified atom stereocenters. The van der Waals surface area contributed by atoms with Crippen molar-refractivity contribution < 1.29 is 14.3 Å². The van der Waals surface area contributed by atoms with Crippen molar-refractivity contribution in [2.75, 3.05) is 29.1 Å². The number of benzene rings is 1. The maximum atomic E-state index is 12.1. The summed E-state index contributed by atoms with van der Waals surface area (Å²) in [6, 6.07) is 7.31. The Kier molecular flexibility index (Phi) is 3.42. The van der Waals surface area contributed by atoms with Crippen molar-refractivity contribution in [1.29, 1.82) is 5.26 Å². The van der Waals surface area contributed by atoms with Crippen LogP contribution in [0.15, 0.2) is 24.4 Å². The summed E-state index contributed by atoms with van der Waals surface area (Å²) in [7, 11) is 0. The molecule has 1 aliphatic heterocycles. The minimum atomic E-state index is -0.405. The number of pyridine rings is 1. The Morgan fingerprint density at radius 1 is 1.44 bits per heavy atom. The molecule has 4 rings (SSSR count). The first-order valence-electron chi connectivity index (χ1n) is 7.91. The lowest BCUT2D eigenvalue weighted by atomic mass is 10.1. The van der Waals surface area contributed by atoms with Gasteiger partial charge < -0.3 is 15.8 Å². The van der Waals surface area contributed by atoms with Crippen molar-refractivity contribution >= 4 is 40.0 Å². The molecule has 8 nitrogen and oxygen atoms in total. The maximum absolute atomic E-state index is 12.1. The van der Waals surface area contributed by atoms with E-state index in [2.05, 4.69) is 16.4 Å². The highest BCUT2D eigenvalue weighted by molar-refractivity contribution is 6.01. The number of anilines is 3. The predicted molar refractivity (Wildman–Crippen MR) is 90.7 cm³/mol. The molecule has 2 amide bonds. The molecule has 0 spiro atoms. The van der Waals surface area contributed by atoms with Crippen LogP contribution in [0.2, 0.25) is 0 Å². The molecule has 2 atom stereocenters. The molecule has 2 fully saturated rings. The number of nitrogens with two attached hydrogens (primary N) is 1. The number of nitrogens with one attached hydrogen (secondary N) is 1. The van der Waals surface area contributed by atoms with Crippen LogP contribution in [-0.4, -0.2) is 30.1 Å². The van der Waals surface area contributed by atoms with Crippen LogP contribution in [0.1, 0.15) is 6.42 Å². The van der Waals surface area contributed by atoms with E-state index in [1.807, 2.05) is 6.07 Å². The third-order valence-electron chi connectivity index (χ3n) is 4.47. The number of rotatable bonds is 3. The molecule has 25 heavy (non-hydrogen) atoms. The van der Waals surface area contributed by atoms with Gasteiger partial charge in [-0.15, -0.1) is 0 Å². The number of amides is 2. The number of nitriles is 1. The topological polar surface area (TPSA) is 121 Å². The van der Waals surface area contributed by atoms with Gasteiger partial charge in [-0.05, 0) is 30.0 Å². The Balaban J connectivity index is 1.64. The van der Waals surface area contributed by atoms with E-state index in [9.17, 15) is 9.59 Å². The summed E-state index contributed by atoms with van der Waals surface area (Å²) in [5, 5.41) is 13.0. The lowest BCUT2D eigenvalue weighted by Crippen LogP contribution is -2.23. The molecule has 1 saturated heterocycles. The second-order valence-corrected chi connectivity index (χ2v) is 6.16. The number of carbonyl (C=O) groups excluding carboxylic acids is 2. The van der Waals surface area contributed by atoms with Gasteiger partial charge >= 0.3 is 6.09 Å². The van der Waals surface area contributed by atoms with Crippen LogP contribution < -0.4 is 16.0 Å². The first kappa shape index (κ1) is 15.2. The molecule has 0 bridgehead atoms. The van der Waals surface area contributed by atoms with E-state index in [1.54, 1.807) is 18.3 Å². The minimum absolute atomic E-state index is 0.203. The quantitative estimate of drug-likeness (QED) is 0.825. The number of aromatic nitrogens is 1. The van der Waals surface area contributed by atoms with Crippen LogP contribution >= 0.6 is 0 Å². The van der Waals surface area contributed by atoms with Crippen LogP contribution in [0.3, 0.4) is 0 Å². The Bertz CT molecular complexity index is 936. The highest BCUT2D eigenvalue weighted by Crippen LogP contribution is 2.38. The average molecular weight is 337 g/mol. The van der Waals surface area contributed by atoms with E-state index in [4.69, 9.17) is 15.7 Å². The number of nitrogens with zero attached hydrogens (tertiary/aromatic N) is 3. The average Bonchev–Trinajstić information content (AvgIpc) is 3.27. The zero-order chi connectivity index (χ0) is 17.6. The van der Waals surface area contributed by atoms with Crippen molar-refractivity contribution in [3.63, 3.8) is 0 Å².